The molecule has 8 aliphatic rings. The Hall–Kier alpha value is -2.40. The van der Waals surface area contributed by atoms with Gasteiger partial charge in [0, 0.05) is 37.0 Å². The molecule has 282 valence electrons. The minimum Gasteiger partial charge on any atom is -0.446 e. The second kappa shape index (κ2) is 11.3. The molecule has 3 aliphatic heterocycles. The Balaban J connectivity index is 0.937. The first-order valence-electron chi connectivity index (χ1n) is 20.3. The topological polar surface area (TPSA) is 119 Å². The number of aliphatic hydroxyl groups excluding tert-OH is 1. The summed E-state index contributed by atoms with van der Waals surface area (Å²) < 4.78 is 21.6. The van der Waals surface area contributed by atoms with Gasteiger partial charge in [-0.2, -0.15) is 0 Å². The molecule has 1 N–H and O–H groups in total. The van der Waals surface area contributed by atoms with E-state index in [1.807, 2.05) is 4.57 Å². The van der Waals surface area contributed by atoms with Gasteiger partial charge in [0.15, 0.2) is 5.82 Å². The van der Waals surface area contributed by atoms with E-state index in [0.717, 1.165) is 63.9 Å². The van der Waals surface area contributed by atoms with Crippen LogP contribution in [0.2, 0.25) is 0 Å². The van der Waals surface area contributed by atoms with Crippen molar-refractivity contribution in [1.82, 2.24) is 24.6 Å². The van der Waals surface area contributed by atoms with Crippen LogP contribution in [0.3, 0.4) is 0 Å². The molecule has 2 spiro atoms. The van der Waals surface area contributed by atoms with Crippen LogP contribution in [0.1, 0.15) is 112 Å². The lowest BCUT2D eigenvalue weighted by molar-refractivity contribution is -0.185. The number of carbonyl (C=O) groups excluding carboxylic acids is 2. The van der Waals surface area contributed by atoms with E-state index in [1.54, 1.807) is 16.1 Å². The minimum atomic E-state index is -0.561. The molecule has 1 aromatic rings. The number of fused-ring (bicyclic) bond motifs is 5. The van der Waals surface area contributed by atoms with E-state index in [-0.39, 0.29) is 75.5 Å². The quantitative estimate of drug-likeness (QED) is 0.389. The van der Waals surface area contributed by atoms with Crippen molar-refractivity contribution in [2.24, 2.45) is 56.7 Å². The van der Waals surface area contributed by atoms with Crippen molar-refractivity contribution >= 4 is 12.2 Å². The van der Waals surface area contributed by atoms with Crippen LogP contribution in [0, 0.1) is 56.7 Å². The van der Waals surface area contributed by atoms with Crippen molar-refractivity contribution in [1.29, 1.82) is 0 Å². The standard InChI is InChI=1S/C40H61N5O6/c1-23(2)31(51-34(47)43-15-8-16-43)25-19-24(3)30-32(49-25)33(46)38(7)27-10-9-26-36(4,5)28(11-12-39(26)21-40(27,39)14-13-37(30,38)6)50-35(48)44-17-18-45-22-41-42-29(45)20-44/h22-28,30-33,46H,8-21H2,1-7H3/t24-,25-,26+,27+,28+,30+,31-,32+,33+,37-,38-,39-,40+/m1/s1. The van der Waals surface area contributed by atoms with Gasteiger partial charge in [0.25, 0.3) is 0 Å². The van der Waals surface area contributed by atoms with Gasteiger partial charge in [-0.05, 0) is 104 Å². The van der Waals surface area contributed by atoms with Crippen LogP contribution >= 0.6 is 0 Å². The molecule has 0 bridgehead atoms. The molecule has 2 saturated heterocycles. The van der Waals surface area contributed by atoms with E-state index in [9.17, 15) is 14.7 Å². The molecule has 0 unspecified atom stereocenters. The fraction of sp³-hybridized carbons (Fsp3) is 0.900. The summed E-state index contributed by atoms with van der Waals surface area (Å²) in [5, 5.41) is 20.9. The zero-order chi connectivity index (χ0) is 35.9. The zero-order valence-electron chi connectivity index (χ0n) is 32.0. The largest absolute Gasteiger partial charge is 0.446 e. The van der Waals surface area contributed by atoms with Gasteiger partial charge in [0.2, 0.25) is 0 Å². The van der Waals surface area contributed by atoms with Crippen molar-refractivity contribution in [3.8, 4) is 0 Å². The van der Waals surface area contributed by atoms with E-state index in [0.29, 0.717) is 37.4 Å². The number of likely N-dealkylation sites (tertiary alicyclic amines) is 1. The number of nitrogens with zero attached hydrogens (tertiary/aromatic N) is 5. The van der Waals surface area contributed by atoms with Gasteiger partial charge in [-0.25, -0.2) is 9.59 Å². The SMILES string of the molecule is CC(C)[C@@H](OC(=O)N1CCC1)[C@H]1C[C@@H](C)[C@H]2[C@H](O1)[C@H](O)[C@@]1(C)[C@@H]3CC[C@H]4C(C)(C)[C@@H](OC(=O)N5CCn6cnnc6C5)CC[C@@]45C[C@@]35CC[C@]21C. The summed E-state index contributed by atoms with van der Waals surface area (Å²) in [5.41, 5.74) is 0.0349. The maximum atomic E-state index is 13.5. The molecule has 1 aromatic heterocycles. The van der Waals surface area contributed by atoms with Gasteiger partial charge in [-0.3, -0.25) is 4.90 Å². The summed E-state index contributed by atoms with van der Waals surface area (Å²) in [5.74, 6) is 2.48. The fourth-order valence-corrected chi connectivity index (χ4v) is 14.5. The first-order valence-corrected chi connectivity index (χ1v) is 20.3. The molecule has 11 heteroatoms. The third kappa shape index (κ3) is 4.48. The van der Waals surface area contributed by atoms with Gasteiger partial charge in [0.1, 0.15) is 18.5 Å². The van der Waals surface area contributed by atoms with Crippen LogP contribution < -0.4 is 0 Å². The summed E-state index contributed by atoms with van der Waals surface area (Å²) in [6.45, 7) is 19.5. The summed E-state index contributed by atoms with van der Waals surface area (Å²) in [7, 11) is 0. The van der Waals surface area contributed by atoms with E-state index < -0.39 is 6.10 Å². The molecule has 0 radical (unpaired) electrons. The van der Waals surface area contributed by atoms with E-state index >= 15 is 0 Å². The smallest absolute Gasteiger partial charge is 0.410 e. The Labute approximate surface area is 303 Å². The molecule has 0 aromatic carbocycles. The Morgan fingerprint density at radius 3 is 2.43 bits per heavy atom. The Morgan fingerprint density at radius 2 is 1.71 bits per heavy atom. The zero-order valence-corrected chi connectivity index (χ0v) is 32.0. The maximum absolute atomic E-state index is 13.5. The summed E-state index contributed by atoms with van der Waals surface area (Å²) in [4.78, 5) is 30.1. The highest BCUT2D eigenvalue weighted by Crippen LogP contribution is 2.89. The van der Waals surface area contributed by atoms with Crippen LogP contribution in [-0.2, 0) is 27.3 Å². The number of hydrogen-bond acceptors (Lipinski definition) is 8. The number of hydrogen-bond donors (Lipinski definition) is 1. The average Bonchev–Trinajstić information content (AvgIpc) is 3.40. The van der Waals surface area contributed by atoms with Crippen LogP contribution in [-0.4, -0.2) is 92.0 Å². The number of aliphatic hydroxyl groups is 1. The molecule has 51 heavy (non-hydrogen) atoms. The van der Waals surface area contributed by atoms with Crippen molar-refractivity contribution in [3.63, 3.8) is 0 Å². The van der Waals surface area contributed by atoms with Gasteiger partial charge in [-0.15, -0.1) is 10.2 Å². The predicted octanol–water partition coefficient (Wildman–Crippen LogP) is 6.28. The van der Waals surface area contributed by atoms with E-state index in [2.05, 4.69) is 58.7 Å². The Morgan fingerprint density at radius 1 is 0.961 bits per heavy atom. The number of amides is 2. The highest BCUT2D eigenvalue weighted by molar-refractivity contribution is 5.69. The monoisotopic (exact) mass is 707 g/mol. The first-order chi connectivity index (χ1) is 24.2. The lowest BCUT2D eigenvalue weighted by atomic mass is 9.41. The molecule has 13 atom stereocenters. The average molecular weight is 708 g/mol. The fourth-order valence-electron chi connectivity index (χ4n) is 14.5. The Bertz CT molecular complexity index is 1580. The maximum Gasteiger partial charge on any atom is 0.410 e. The van der Waals surface area contributed by atoms with Crippen LogP contribution in [0.4, 0.5) is 9.59 Å². The second-order valence-electron chi connectivity index (χ2n) is 19.7. The van der Waals surface area contributed by atoms with Gasteiger partial charge < -0.3 is 28.8 Å². The predicted molar refractivity (Wildman–Crippen MR) is 188 cm³/mol. The third-order valence-corrected chi connectivity index (χ3v) is 17.3. The summed E-state index contributed by atoms with van der Waals surface area (Å²) >= 11 is 0. The van der Waals surface area contributed by atoms with Crippen LogP contribution in [0.25, 0.3) is 0 Å². The number of ether oxygens (including phenoxy) is 3. The third-order valence-electron chi connectivity index (χ3n) is 17.3. The molecule has 5 aliphatic carbocycles. The molecule has 9 rings (SSSR count). The lowest BCUT2D eigenvalue weighted by Crippen LogP contribution is -2.60. The van der Waals surface area contributed by atoms with Gasteiger partial charge in [-0.1, -0.05) is 48.5 Å². The van der Waals surface area contributed by atoms with Gasteiger partial charge in [0.05, 0.1) is 24.9 Å². The van der Waals surface area contributed by atoms with Crippen LogP contribution in [0.5, 0.6) is 0 Å². The molecular formula is C40H61N5O6. The number of rotatable bonds is 4. The number of aromatic nitrogens is 3. The highest BCUT2D eigenvalue weighted by atomic mass is 16.6. The van der Waals surface area contributed by atoms with Crippen molar-refractivity contribution in [2.75, 3.05) is 19.6 Å². The van der Waals surface area contributed by atoms with E-state index in [1.165, 1.54) is 12.8 Å². The summed E-state index contributed by atoms with van der Waals surface area (Å²) in [6, 6.07) is 0. The molecular weight excluding hydrogens is 646 g/mol. The van der Waals surface area contributed by atoms with Crippen molar-refractivity contribution in [2.45, 2.75) is 150 Å². The van der Waals surface area contributed by atoms with Crippen LogP contribution in [0.15, 0.2) is 6.33 Å². The summed E-state index contributed by atoms with van der Waals surface area (Å²) in [6.07, 6.45) is 9.44. The first kappa shape index (κ1) is 34.4. The molecule has 4 heterocycles. The Kier molecular flexibility index (Phi) is 7.62. The van der Waals surface area contributed by atoms with E-state index in [4.69, 9.17) is 14.2 Å². The van der Waals surface area contributed by atoms with Crippen molar-refractivity contribution < 1.29 is 28.9 Å². The van der Waals surface area contributed by atoms with Gasteiger partial charge >= 0.3 is 12.2 Å². The van der Waals surface area contributed by atoms with Crippen molar-refractivity contribution in [3.05, 3.63) is 12.2 Å². The second-order valence-corrected chi connectivity index (χ2v) is 19.7. The minimum absolute atomic E-state index is 0.0312. The number of carbonyl (C=O) groups is 2. The molecule has 5 saturated carbocycles. The molecule has 11 nitrogen and oxygen atoms in total. The highest BCUT2D eigenvalue weighted by Gasteiger charge is 2.84. The lowest BCUT2D eigenvalue weighted by Gasteiger charge is -2.63. The molecule has 2 amide bonds. The normalized spacial score (nSPS) is 46.7. The molecule has 7 fully saturated rings.